The first-order valence-corrected chi connectivity index (χ1v) is 6.67. The lowest BCUT2D eigenvalue weighted by Crippen LogP contribution is -1.88. The van der Waals surface area contributed by atoms with Crippen LogP contribution in [0.3, 0.4) is 0 Å². The summed E-state index contributed by atoms with van der Waals surface area (Å²) < 4.78 is 1.31. The maximum Gasteiger partial charge on any atom is 0.250 e. The van der Waals surface area contributed by atoms with Crippen LogP contribution in [0.4, 0.5) is 0 Å². The van der Waals surface area contributed by atoms with E-state index in [4.69, 9.17) is 0 Å². The van der Waals surface area contributed by atoms with Crippen LogP contribution in [0.25, 0.3) is 10.1 Å². The van der Waals surface area contributed by atoms with Gasteiger partial charge in [0, 0.05) is 5.33 Å². The number of benzene rings is 1. The summed E-state index contributed by atoms with van der Waals surface area (Å²) in [5.41, 5.74) is 1.20. The fourth-order valence-corrected chi connectivity index (χ4v) is 4.04. The van der Waals surface area contributed by atoms with Gasteiger partial charge in [-0.25, -0.2) is 0 Å². The molecule has 1 aromatic carbocycles. The number of rotatable bonds is 1. The van der Waals surface area contributed by atoms with Gasteiger partial charge in [-0.05, 0) is 22.0 Å². The van der Waals surface area contributed by atoms with Crippen LogP contribution in [0.5, 0.6) is 0 Å². The second-order valence-corrected chi connectivity index (χ2v) is 5.05. The first kappa shape index (κ1) is 8.41. The van der Waals surface area contributed by atoms with Crippen LogP contribution in [0.1, 0.15) is 5.56 Å². The highest BCUT2D eigenvalue weighted by Crippen LogP contribution is 2.25. The molecule has 4 heteroatoms. The Hall–Kier alpha value is -0.190. The van der Waals surface area contributed by atoms with Crippen molar-refractivity contribution in [2.24, 2.45) is 0 Å². The first-order chi connectivity index (χ1) is 5.83. The molecule has 0 aliphatic rings. The van der Waals surface area contributed by atoms with Gasteiger partial charge >= 0.3 is 0 Å². The van der Waals surface area contributed by atoms with Crippen molar-refractivity contribution in [2.75, 3.05) is 0 Å². The smallest absolute Gasteiger partial charge is 0.250 e. The predicted molar refractivity (Wildman–Crippen MR) is 58.6 cm³/mol. The van der Waals surface area contributed by atoms with E-state index < -0.39 is 0 Å². The van der Waals surface area contributed by atoms with Crippen molar-refractivity contribution in [3.05, 3.63) is 33.3 Å². The zero-order valence-corrected chi connectivity index (χ0v) is 9.26. The van der Waals surface area contributed by atoms with Gasteiger partial charge in [0.2, 0.25) is 0 Å². The molecule has 0 saturated carbocycles. The monoisotopic (exact) mass is 260 g/mol. The Labute approximate surface area is 85.2 Å². The van der Waals surface area contributed by atoms with Crippen LogP contribution >= 0.6 is 36.6 Å². The van der Waals surface area contributed by atoms with Crippen molar-refractivity contribution in [3.8, 4) is 0 Å². The lowest BCUT2D eigenvalue weighted by atomic mass is 10.2. The highest BCUT2D eigenvalue weighted by molar-refractivity contribution is 9.08. The Morgan fingerprint density at radius 1 is 1.33 bits per heavy atom. The summed E-state index contributed by atoms with van der Waals surface area (Å²) in [4.78, 5) is 11.3. The molecule has 12 heavy (non-hydrogen) atoms. The molecule has 0 amide bonds. The number of hydrogen-bond donors (Lipinski definition) is 0. The molecule has 0 aliphatic carbocycles. The summed E-state index contributed by atoms with van der Waals surface area (Å²) in [5, 5.41) is 1.68. The van der Waals surface area contributed by atoms with Crippen LogP contribution in [0.2, 0.25) is 0 Å². The second kappa shape index (κ2) is 3.28. The van der Waals surface area contributed by atoms with Crippen molar-refractivity contribution in [3.63, 3.8) is 0 Å². The third kappa shape index (κ3) is 1.24. The molecular formula is C8H5BrOS2. The van der Waals surface area contributed by atoms with Gasteiger partial charge in [-0.3, -0.25) is 4.79 Å². The van der Waals surface area contributed by atoms with E-state index in [2.05, 4.69) is 15.9 Å². The Bertz CT molecular complexity index is 457. The molecule has 0 fully saturated rings. The van der Waals surface area contributed by atoms with Gasteiger partial charge in [-0.15, -0.1) is 0 Å². The summed E-state index contributed by atoms with van der Waals surface area (Å²) in [7, 11) is 2.88. The normalized spacial score (nSPS) is 10.8. The molecule has 0 atom stereocenters. The molecule has 1 nitrogen and oxygen atoms in total. The van der Waals surface area contributed by atoms with Crippen molar-refractivity contribution in [1.29, 1.82) is 0 Å². The summed E-state index contributed by atoms with van der Waals surface area (Å²) in [6, 6.07) is 5.86. The minimum atomic E-state index is 0.179. The topological polar surface area (TPSA) is 17.1 Å². The molecule has 1 heterocycles. The third-order valence-corrected chi connectivity index (χ3v) is 4.57. The molecule has 2 aromatic rings. The van der Waals surface area contributed by atoms with Gasteiger partial charge in [-0.2, -0.15) is 0 Å². The Kier molecular flexibility index (Phi) is 2.30. The zero-order chi connectivity index (χ0) is 8.55. The van der Waals surface area contributed by atoms with Crippen molar-refractivity contribution in [1.82, 2.24) is 0 Å². The van der Waals surface area contributed by atoms with Crippen molar-refractivity contribution < 1.29 is 0 Å². The fraction of sp³-hybridized carbons (Fsp3) is 0.125. The molecule has 0 radical (unpaired) electrons. The van der Waals surface area contributed by atoms with Crippen LogP contribution < -0.4 is 4.74 Å². The summed E-state index contributed by atoms with van der Waals surface area (Å²) >= 11 is 3.40. The van der Waals surface area contributed by atoms with Gasteiger partial charge in [0.1, 0.15) is 0 Å². The maximum absolute atomic E-state index is 11.3. The van der Waals surface area contributed by atoms with Gasteiger partial charge in [0.15, 0.2) is 0 Å². The average Bonchev–Trinajstić information content (AvgIpc) is 2.48. The predicted octanol–water partition coefficient (Wildman–Crippen LogP) is 3.22. The Morgan fingerprint density at radius 2 is 2.17 bits per heavy atom. The minimum Gasteiger partial charge on any atom is -0.276 e. The highest BCUT2D eigenvalue weighted by Gasteiger charge is 2.04. The van der Waals surface area contributed by atoms with Gasteiger partial charge in [-0.1, -0.05) is 38.4 Å². The van der Waals surface area contributed by atoms with Gasteiger partial charge in [0.25, 0.3) is 4.74 Å². The van der Waals surface area contributed by atoms with E-state index in [9.17, 15) is 4.79 Å². The number of hydrogen-bond acceptors (Lipinski definition) is 3. The molecule has 0 saturated heterocycles. The molecule has 0 N–H and O–H groups in total. The van der Waals surface area contributed by atoms with Gasteiger partial charge < -0.3 is 0 Å². The average molecular weight is 261 g/mol. The molecular weight excluding hydrogens is 256 g/mol. The van der Waals surface area contributed by atoms with Crippen LogP contribution in [-0.2, 0) is 5.33 Å². The molecule has 0 aliphatic heterocycles. The molecule has 0 spiro atoms. The lowest BCUT2D eigenvalue weighted by molar-refractivity contribution is 1.51. The summed E-state index contributed by atoms with van der Waals surface area (Å²) in [6.07, 6.45) is 0. The third-order valence-electron chi connectivity index (χ3n) is 1.66. The van der Waals surface area contributed by atoms with E-state index in [0.29, 0.717) is 0 Å². The van der Waals surface area contributed by atoms with Crippen LogP contribution in [-0.4, -0.2) is 0 Å². The zero-order valence-electron chi connectivity index (χ0n) is 6.04. The fourth-order valence-electron chi connectivity index (χ4n) is 1.07. The van der Waals surface area contributed by atoms with Crippen LogP contribution in [0.15, 0.2) is 23.0 Å². The van der Waals surface area contributed by atoms with E-state index >= 15 is 0 Å². The van der Waals surface area contributed by atoms with Crippen LogP contribution in [0, 0.1) is 0 Å². The Balaban J connectivity index is 2.90. The van der Waals surface area contributed by atoms with Crippen molar-refractivity contribution in [2.45, 2.75) is 5.33 Å². The second-order valence-electron chi connectivity index (χ2n) is 2.38. The van der Waals surface area contributed by atoms with E-state index in [1.54, 1.807) is 10.3 Å². The van der Waals surface area contributed by atoms with E-state index in [1.807, 2.05) is 18.2 Å². The molecule has 2 rings (SSSR count). The Morgan fingerprint density at radius 3 is 2.92 bits per heavy atom. The van der Waals surface area contributed by atoms with E-state index in [1.165, 1.54) is 15.9 Å². The van der Waals surface area contributed by atoms with E-state index in [-0.39, 0.29) is 4.74 Å². The van der Waals surface area contributed by atoms with Crippen molar-refractivity contribution >= 4 is 46.7 Å². The standard InChI is InChI=1S/C8H5BrOS2/c9-4-5-2-1-3-6-7(5)11-12-8(6)10/h1-3H,4H2. The molecule has 0 bridgehead atoms. The lowest BCUT2D eigenvalue weighted by Gasteiger charge is -1.94. The molecule has 62 valence electrons. The quantitative estimate of drug-likeness (QED) is 0.569. The maximum atomic E-state index is 11.3. The van der Waals surface area contributed by atoms with E-state index in [0.717, 1.165) is 15.4 Å². The number of fused-ring (bicyclic) bond motifs is 1. The summed E-state index contributed by atoms with van der Waals surface area (Å²) in [5.74, 6) is 0. The largest absolute Gasteiger partial charge is 0.276 e. The highest BCUT2D eigenvalue weighted by atomic mass is 79.9. The number of alkyl halides is 1. The molecule has 0 unspecified atom stereocenters. The summed E-state index contributed by atoms with van der Waals surface area (Å²) in [6.45, 7) is 0. The minimum absolute atomic E-state index is 0.179. The SMILES string of the molecule is O=c1ssc2c(CBr)cccc12. The van der Waals surface area contributed by atoms with Gasteiger partial charge in [0.05, 0.1) is 10.1 Å². The number of halogens is 1. The first-order valence-electron chi connectivity index (χ1n) is 3.39. The molecule has 1 aromatic heterocycles.